The minimum absolute atomic E-state index is 0.0965. The zero-order valence-electron chi connectivity index (χ0n) is 54.7. The molecule has 0 saturated carbocycles. The van der Waals surface area contributed by atoms with Crippen LogP contribution in [0.15, 0.2) is 109 Å². The van der Waals surface area contributed by atoms with Gasteiger partial charge in [-0.1, -0.05) is 304 Å². The Morgan fingerprint density at radius 1 is 0.253 bits per heavy atom. The second-order valence-corrected chi connectivity index (χ2v) is 23.4. The molecular weight excluding hydrogens is 1020 g/mol. The van der Waals surface area contributed by atoms with Crippen LogP contribution >= 0.6 is 0 Å². The van der Waals surface area contributed by atoms with E-state index in [9.17, 15) is 14.4 Å². The minimum Gasteiger partial charge on any atom is -0.462 e. The first kappa shape index (κ1) is 79.1. The molecule has 0 aliphatic carbocycles. The average molecular weight is 1150 g/mol. The molecule has 83 heavy (non-hydrogen) atoms. The molecule has 0 rings (SSSR count). The van der Waals surface area contributed by atoms with E-state index in [1.165, 1.54) is 199 Å². The molecule has 476 valence electrons. The first-order valence-corrected chi connectivity index (χ1v) is 35.4. The van der Waals surface area contributed by atoms with Crippen LogP contribution in [0.25, 0.3) is 0 Å². The van der Waals surface area contributed by atoms with Gasteiger partial charge < -0.3 is 14.2 Å². The number of unbranched alkanes of at least 4 members (excludes halogenated alkanes) is 35. The number of carbonyl (C=O) groups is 3. The maximum absolute atomic E-state index is 12.9. The Morgan fingerprint density at radius 3 is 0.795 bits per heavy atom. The molecule has 0 bridgehead atoms. The van der Waals surface area contributed by atoms with Crippen molar-refractivity contribution < 1.29 is 28.6 Å². The molecule has 1 atom stereocenters. The molecule has 0 heterocycles. The van der Waals surface area contributed by atoms with E-state index in [-0.39, 0.29) is 37.5 Å². The van der Waals surface area contributed by atoms with Gasteiger partial charge in [0.1, 0.15) is 13.2 Å². The Labute approximate surface area is 514 Å². The van der Waals surface area contributed by atoms with Gasteiger partial charge in [-0.3, -0.25) is 14.4 Å². The van der Waals surface area contributed by atoms with Gasteiger partial charge in [-0.25, -0.2) is 0 Å². The summed E-state index contributed by atoms with van der Waals surface area (Å²) in [6, 6.07) is 0. The fourth-order valence-corrected chi connectivity index (χ4v) is 9.94. The normalized spacial score (nSPS) is 12.8. The first-order valence-electron chi connectivity index (χ1n) is 35.4. The summed E-state index contributed by atoms with van der Waals surface area (Å²) < 4.78 is 17.0. The Kier molecular flexibility index (Phi) is 67.2. The summed E-state index contributed by atoms with van der Waals surface area (Å²) >= 11 is 0. The zero-order valence-corrected chi connectivity index (χ0v) is 54.7. The van der Waals surface area contributed by atoms with Crippen molar-refractivity contribution in [1.29, 1.82) is 0 Å². The molecule has 0 aliphatic heterocycles. The predicted octanol–water partition coefficient (Wildman–Crippen LogP) is 24.6. The molecular formula is C77H132O6. The van der Waals surface area contributed by atoms with Crippen LogP contribution in [0.3, 0.4) is 0 Å². The molecule has 0 amide bonds. The van der Waals surface area contributed by atoms with Gasteiger partial charge in [0.15, 0.2) is 6.10 Å². The predicted molar refractivity (Wildman–Crippen MR) is 362 cm³/mol. The van der Waals surface area contributed by atoms with Crippen LogP contribution < -0.4 is 0 Å². The summed E-state index contributed by atoms with van der Waals surface area (Å²) in [6.45, 7) is 6.50. The SMILES string of the molecule is CC/C=C\C/C=C\C/C=C\C/C=C\C/C=C\C/C=C\CCCCC(=O)OC(COC(=O)CCCCCCCCCCC/C=C\C/C=C\CCCCC)COC(=O)CCCCCCCCCCCCCCC/C=C\CCCCCCCCCC. The number of carbonyl (C=O) groups excluding carboxylic acids is 3. The molecule has 0 aromatic rings. The number of ether oxygens (including phenoxy) is 3. The van der Waals surface area contributed by atoms with E-state index in [2.05, 4.69) is 130 Å². The highest BCUT2D eigenvalue weighted by molar-refractivity contribution is 5.71. The van der Waals surface area contributed by atoms with Gasteiger partial charge in [-0.15, -0.1) is 0 Å². The molecule has 0 fully saturated rings. The number of allylic oxidation sites excluding steroid dienone is 18. The summed E-state index contributed by atoms with van der Waals surface area (Å²) in [5.41, 5.74) is 0. The highest BCUT2D eigenvalue weighted by Crippen LogP contribution is 2.17. The molecule has 0 radical (unpaired) electrons. The molecule has 0 aliphatic rings. The van der Waals surface area contributed by atoms with E-state index in [1.807, 2.05) is 0 Å². The fourth-order valence-electron chi connectivity index (χ4n) is 9.94. The lowest BCUT2D eigenvalue weighted by molar-refractivity contribution is -0.167. The van der Waals surface area contributed by atoms with E-state index in [0.29, 0.717) is 19.3 Å². The quantitative estimate of drug-likeness (QED) is 0.0261. The third-order valence-electron chi connectivity index (χ3n) is 15.2. The number of esters is 3. The summed E-state index contributed by atoms with van der Waals surface area (Å²) in [5.74, 6) is -0.932. The van der Waals surface area contributed by atoms with Crippen LogP contribution in [0.2, 0.25) is 0 Å². The van der Waals surface area contributed by atoms with Gasteiger partial charge >= 0.3 is 17.9 Å². The fraction of sp³-hybridized carbons (Fsp3) is 0.727. The first-order chi connectivity index (χ1) is 41.0. The molecule has 6 nitrogen and oxygen atoms in total. The smallest absolute Gasteiger partial charge is 0.306 e. The van der Waals surface area contributed by atoms with Crippen molar-refractivity contribution in [3.63, 3.8) is 0 Å². The lowest BCUT2D eigenvalue weighted by Gasteiger charge is -2.18. The van der Waals surface area contributed by atoms with E-state index >= 15 is 0 Å². The Hall–Kier alpha value is -3.93. The monoisotopic (exact) mass is 1150 g/mol. The second kappa shape index (κ2) is 70.6. The van der Waals surface area contributed by atoms with Crippen LogP contribution in [-0.2, 0) is 28.6 Å². The van der Waals surface area contributed by atoms with Crippen LogP contribution in [0.1, 0.15) is 342 Å². The van der Waals surface area contributed by atoms with Crippen molar-refractivity contribution in [2.75, 3.05) is 13.2 Å². The molecule has 0 aromatic heterocycles. The van der Waals surface area contributed by atoms with Crippen molar-refractivity contribution in [2.24, 2.45) is 0 Å². The van der Waals surface area contributed by atoms with E-state index < -0.39 is 6.10 Å². The Bertz CT molecular complexity index is 1660. The van der Waals surface area contributed by atoms with Crippen LogP contribution in [0, 0.1) is 0 Å². The van der Waals surface area contributed by atoms with E-state index in [1.54, 1.807) is 0 Å². The van der Waals surface area contributed by atoms with Gasteiger partial charge in [0.2, 0.25) is 0 Å². The summed E-state index contributed by atoms with van der Waals surface area (Å²) in [6.07, 6.45) is 96.8. The van der Waals surface area contributed by atoms with Gasteiger partial charge in [0.25, 0.3) is 0 Å². The standard InChI is InChI=1S/C77H132O6/c1-4-7-10-13-16-19-22-25-28-31-34-36-37-38-39-41-43-46-49-52-55-58-61-64-67-70-76(79)82-73-74(72-81-75(78)69-66-63-60-57-54-51-48-45-42-33-30-27-24-21-18-15-12-9-6-3)83-77(80)71-68-65-62-59-56-53-50-47-44-40-35-32-29-26-23-20-17-14-11-8-5-2/h8,11,17-18,20-21,26-27,29-31,34-35,40,47,50,56,59,74H,4-7,9-10,12-16,19,22-25,28,32-33,36-39,41-46,48-49,51-55,57-58,60-73H2,1-3H3/b11-8-,20-17-,21-18-,29-26-,30-27-,34-31-,40-35-,50-47-,59-56-. The molecule has 0 N–H and O–H groups in total. The van der Waals surface area contributed by atoms with Crippen LogP contribution in [-0.4, -0.2) is 37.2 Å². The van der Waals surface area contributed by atoms with Crippen molar-refractivity contribution in [1.82, 2.24) is 0 Å². The summed E-state index contributed by atoms with van der Waals surface area (Å²) in [5, 5.41) is 0. The van der Waals surface area contributed by atoms with Gasteiger partial charge in [0, 0.05) is 19.3 Å². The number of hydrogen-bond acceptors (Lipinski definition) is 6. The maximum atomic E-state index is 12.9. The summed E-state index contributed by atoms with van der Waals surface area (Å²) in [7, 11) is 0. The third-order valence-corrected chi connectivity index (χ3v) is 15.2. The van der Waals surface area contributed by atoms with E-state index in [0.717, 1.165) is 96.3 Å². The molecule has 6 heteroatoms. The molecule has 1 unspecified atom stereocenters. The lowest BCUT2D eigenvalue weighted by Crippen LogP contribution is -2.30. The topological polar surface area (TPSA) is 78.9 Å². The number of hydrogen-bond donors (Lipinski definition) is 0. The molecule has 0 spiro atoms. The molecule has 0 saturated heterocycles. The van der Waals surface area contributed by atoms with Crippen LogP contribution in [0.4, 0.5) is 0 Å². The lowest BCUT2D eigenvalue weighted by atomic mass is 10.0. The zero-order chi connectivity index (χ0) is 59.9. The highest BCUT2D eigenvalue weighted by atomic mass is 16.6. The van der Waals surface area contributed by atoms with Crippen molar-refractivity contribution in [3.05, 3.63) is 109 Å². The van der Waals surface area contributed by atoms with E-state index in [4.69, 9.17) is 14.2 Å². The second-order valence-electron chi connectivity index (χ2n) is 23.4. The average Bonchev–Trinajstić information content (AvgIpc) is 3.50. The van der Waals surface area contributed by atoms with Crippen molar-refractivity contribution >= 4 is 17.9 Å². The van der Waals surface area contributed by atoms with Gasteiger partial charge in [0.05, 0.1) is 0 Å². The van der Waals surface area contributed by atoms with Crippen molar-refractivity contribution in [3.8, 4) is 0 Å². The Morgan fingerprint density at radius 2 is 0.470 bits per heavy atom. The van der Waals surface area contributed by atoms with Gasteiger partial charge in [-0.05, 0) is 128 Å². The van der Waals surface area contributed by atoms with Crippen LogP contribution in [0.5, 0.6) is 0 Å². The Balaban J connectivity index is 4.42. The largest absolute Gasteiger partial charge is 0.462 e. The third kappa shape index (κ3) is 68.7. The minimum atomic E-state index is -0.807. The molecule has 0 aromatic carbocycles. The summed E-state index contributed by atoms with van der Waals surface area (Å²) in [4.78, 5) is 38.5. The highest BCUT2D eigenvalue weighted by Gasteiger charge is 2.19. The van der Waals surface area contributed by atoms with Crippen molar-refractivity contribution in [2.45, 2.75) is 348 Å². The maximum Gasteiger partial charge on any atom is 0.306 e. The number of rotatable bonds is 64. The van der Waals surface area contributed by atoms with Gasteiger partial charge in [-0.2, -0.15) is 0 Å².